The summed E-state index contributed by atoms with van der Waals surface area (Å²) in [7, 11) is 0. The second kappa shape index (κ2) is 5.87. The number of nitrogens with one attached hydrogen (secondary N) is 1. The Hall–Kier alpha value is -1.82. The van der Waals surface area contributed by atoms with Crippen molar-refractivity contribution in [2.75, 3.05) is 5.32 Å². The van der Waals surface area contributed by atoms with Crippen molar-refractivity contribution in [1.29, 1.82) is 0 Å². The summed E-state index contributed by atoms with van der Waals surface area (Å²) in [5.74, 6) is -0.642. The Kier molecular flexibility index (Phi) is 3.90. The van der Waals surface area contributed by atoms with Gasteiger partial charge in [-0.15, -0.1) is 0 Å². The highest BCUT2D eigenvalue weighted by atomic mass is 79.9. The first-order chi connectivity index (χ1) is 11.9. The topological polar surface area (TPSA) is 12.0 Å². The maximum absolute atomic E-state index is 14.5. The highest BCUT2D eigenvalue weighted by Gasteiger charge is 2.43. The molecule has 2 aromatic rings. The monoisotopic (exact) mass is 411 g/mol. The standard InChI is InChI=1S/C19H14BrF4N/c20-10-8-14-11-5-3-6-12(11)17(25-18(14)16(21)9-10)13-4-1-2-7-15(13)19(22,23)24/h1-5,7-9,11-12,17,25H,6H2/t11-,12+,17+/m1/s1. The van der Waals surface area contributed by atoms with Gasteiger partial charge in [-0.25, -0.2) is 4.39 Å². The third-order valence-corrected chi connectivity index (χ3v) is 5.44. The van der Waals surface area contributed by atoms with Gasteiger partial charge >= 0.3 is 6.18 Å². The zero-order valence-electron chi connectivity index (χ0n) is 12.9. The van der Waals surface area contributed by atoms with Crippen molar-refractivity contribution in [1.82, 2.24) is 0 Å². The molecule has 0 fully saturated rings. The van der Waals surface area contributed by atoms with Crippen LogP contribution < -0.4 is 5.32 Å². The van der Waals surface area contributed by atoms with E-state index in [1.807, 2.05) is 18.2 Å². The Morgan fingerprint density at radius 3 is 2.60 bits per heavy atom. The molecule has 0 radical (unpaired) electrons. The molecule has 1 N–H and O–H groups in total. The fourth-order valence-electron chi connectivity index (χ4n) is 3.96. The van der Waals surface area contributed by atoms with E-state index in [0.29, 0.717) is 10.9 Å². The van der Waals surface area contributed by atoms with Gasteiger partial charge in [-0.1, -0.05) is 46.3 Å². The Bertz CT molecular complexity index is 859. The fraction of sp³-hybridized carbons (Fsp3) is 0.263. The van der Waals surface area contributed by atoms with E-state index in [9.17, 15) is 17.6 Å². The molecular weight excluding hydrogens is 398 g/mol. The third-order valence-electron chi connectivity index (χ3n) is 4.99. The van der Waals surface area contributed by atoms with Crippen LogP contribution >= 0.6 is 15.9 Å². The van der Waals surface area contributed by atoms with E-state index in [2.05, 4.69) is 21.2 Å². The minimum atomic E-state index is -4.45. The molecule has 6 heteroatoms. The molecule has 2 aliphatic rings. The summed E-state index contributed by atoms with van der Waals surface area (Å²) in [5.41, 5.74) is 0.574. The number of fused-ring (bicyclic) bond motifs is 3. The predicted octanol–water partition coefficient (Wildman–Crippen LogP) is 6.43. The SMILES string of the molecule is Fc1cc(Br)cc2c1N[C@H](c1ccccc1C(F)(F)F)[C@H]1CC=C[C@@H]21. The molecule has 130 valence electrons. The lowest BCUT2D eigenvalue weighted by Gasteiger charge is -2.38. The zero-order valence-corrected chi connectivity index (χ0v) is 14.5. The quantitative estimate of drug-likeness (QED) is 0.420. The van der Waals surface area contributed by atoms with Crippen LogP contribution in [0.2, 0.25) is 0 Å². The molecule has 0 amide bonds. The van der Waals surface area contributed by atoms with Crippen molar-refractivity contribution in [3.63, 3.8) is 0 Å². The van der Waals surface area contributed by atoms with E-state index in [1.54, 1.807) is 6.07 Å². The van der Waals surface area contributed by atoms with Gasteiger partial charge in [0.2, 0.25) is 0 Å². The normalized spacial score (nSPS) is 24.6. The summed E-state index contributed by atoms with van der Waals surface area (Å²) in [6.07, 6.45) is 0.147. The summed E-state index contributed by atoms with van der Waals surface area (Å²) in [6, 6.07) is 8.12. The zero-order chi connectivity index (χ0) is 17.8. The summed E-state index contributed by atoms with van der Waals surface area (Å²) in [6.45, 7) is 0. The molecule has 2 aromatic carbocycles. The lowest BCUT2D eigenvalue weighted by Crippen LogP contribution is -2.31. The molecule has 1 aliphatic carbocycles. The van der Waals surface area contributed by atoms with Crippen molar-refractivity contribution >= 4 is 21.6 Å². The van der Waals surface area contributed by atoms with E-state index >= 15 is 0 Å². The Labute approximate surface area is 150 Å². The number of allylic oxidation sites excluding steroid dienone is 2. The molecule has 1 aliphatic heterocycles. The third kappa shape index (κ3) is 2.76. The van der Waals surface area contributed by atoms with Crippen LogP contribution in [0.3, 0.4) is 0 Å². The van der Waals surface area contributed by atoms with Crippen LogP contribution in [-0.2, 0) is 6.18 Å². The minimum absolute atomic E-state index is 0.0790. The number of hydrogen-bond acceptors (Lipinski definition) is 1. The van der Waals surface area contributed by atoms with Crippen LogP contribution in [0.1, 0.15) is 35.1 Å². The van der Waals surface area contributed by atoms with Gasteiger partial charge in [0.05, 0.1) is 17.3 Å². The minimum Gasteiger partial charge on any atom is -0.375 e. The largest absolute Gasteiger partial charge is 0.416 e. The van der Waals surface area contributed by atoms with Crippen LogP contribution in [0.4, 0.5) is 23.2 Å². The van der Waals surface area contributed by atoms with Gasteiger partial charge in [0.15, 0.2) is 0 Å². The van der Waals surface area contributed by atoms with Gasteiger partial charge in [0.1, 0.15) is 5.82 Å². The number of halogens is 5. The van der Waals surface area contributed by atoms with E-state index in [4.69, 9.17) is 0 Å². The molecule has 25 heavy (non-hydrogen) atoms. The van der Waals surface area contributed by atoms with Crippen molar-refractivity contribution in [2.45, 2.75) is 24.6 Å². The number of rotatable bonds is 1. The smallest absolute Gasteiger partial charge is 0.375 e. The van der Waals surface area contributed by atoms with Crippen molar-refractivity contribution in [3.05, 3.63) is 75.5 Å². The molecular formula is C19H14BrF4N. The van der Waals surface area contributed by atoms with Crippen LogP contribution in [0.25, 0.3) is 0 Å². The van der Waals surface area contributed by atoms with Gasteiger partial charge in [-0.2, -0.15) is 13.2 Å². The van der Waals surface area contributed by atoms with E-state index in [0.717, 1.165) is 11.6 Å². The van der Waals surface area contributed by atoms with Crippen molar-refractivity contribution in [3.8, 4) is 0 Å². The summed E-state index contributed by atoms with van der Waals surface area (Å²) in [5, 5.41) is 3.06. The molecule has 4 rings (SSSR count). The fourth-order valence-corrected chi connectivity index (χ4v) is 4.40. The summed E-state index contributed by atoms with van der Waals surface area (Å²) >= 11 is 3.30. The molecule has 0 saturated heterocycles. The molecule has 0 spiro atoms. The van der Waals surface area contributed by atoms with Crippen LogP contribution in [0.15, 0.2) is 53.0 Å². The molecule has 1 nitrogen and oxygen atoms in total. The van der Waals surface area contributed by atoms with Crippen LogP contribution in [0.5, 0.6) is 0 Å². The maximum atomic E-state index is 14.5. The van der Waals surface area contributed by atoms with Gasteiger partial charge in [-0.05, 0) is 41.7 Å². The summed E-state index contributed by atoms with van der Waals surface area (Å²) < 4.78 is 55.5. The Balaban J connectivity index is 1.86. The number of alkyl halides is 3. The molecule has 1 heterocycles. The predicted molar refractivity (Wildman–Crippen MR) is 91.9 cm³/mol. The number of benzene rings is 2. The van der Waals surface area contributed by atoms with Crippen molar-refractivity contribution < 1.29 is 17.6 Å². The van der Waals surface area contributed by atoms with E-state index < -0.39 is 23.6 Å². The highest BCUT2D eigenvalue weighted by molar-refractivity contribution is 9.10. The van der Waals surface area contributed by atoms with Crippen LogP contribution in [-0.4, -0.2) is 0 Å². The van der Waals surface area contributed by atoms with Crippen molar-refractivity contribution in [2.24, 2.45) is 5.92 Å². The first-order valence-electron chi connectivity index (χ1n) is 7.94. The maximum Gasteiger partial charge on any atom is 0.416 e. The molecule has 0 unspecified atom stereocenters. The highest BCUT2D eigenvalue weighted by Crippen LogP contribution is 2.52. The van der Waals surface area contributed by atoms with Gasteiger partial charge in [-0.3, -0.25) is 0 Å². The van der Waals surface area contributed by atoms with Gasteiger partial charge in [0, 0.05) is 10.4 Å². The van der Waals surface area contributed by atoms with Gasteiger partial charge < -0.3 is 5.32 Å². The average molecular weight is 412 g/mol. The van der Waals surface area contributed by atoms with E-state index in [-0.39, 0.29) is 23.1 Å². The lowest BCUT2D eigenvalue weighted by molar-refractivity contribution is -0.138. The Morgan fingerprint density at radius 1 is 1.08 bits per heavy atom. The average Bonchev–Trinajstić information content (AvgIpc) is 3.03. The second-order valence-corrected chi connectivity index (χ2v) is 7.33. The molecule has 0 aromatic heterocycles. The Morgan fingerprint density at radius 2 is 1.84 bits per heavy atom. The summed E-state index contributed by atoms with van der Waals surface area (Å²) in [4.78, 5) is 0. The van der Waals surface area contributed by atoms with E-state index in [1.165, 1.54) is 18.2 Å². The van der Waals surface area contributed by atoms with Crippen LogP contribution in [0, 0.1) is 11.7 Å². The molecule has 0 saturated carbocycles. The second-order valence-electron chi connectivity index (χ2n) is 6.41. The molecule has 0 bridgehead atoms. The first-order valence-corrected chi connectivity index (χ1v) is 8.74. The molecule has 3 atom stereocenters. The van der Waals surface area contributed by atoms with Gasteiger partial charge in [0.25, 0.3) is 0 Å². The lowest BCUT2D eigenvalue weighted by atomic mass is 9.76. The first kappa shape index (κ1) is 16.6. The number of anilines is 1. The number of hydrogen-bond donors (Lipinski definition) is 1.